The van der Waals surface area contributed by atoms with E-state index in [1.807, 2.05) is 23.1 Å². The molecule has 0 aliphatic heterocycles. The van der Waals surface area contributed by atoms with Gasteiger partial charge in [-0.15, -0.1) is 0 Å². The summed E-state index contributed by atoms with van der Waals surface area (Å²) in [5.41, 5.74) is 5.45. The first-order valence-corrected chi connectivity index (χ1v) is 6.90. The highest BCUT2D eigenvalue weighted by atomic mass is 15.3. The Kier molecular flexibility index (Phi) is 4.38. The lowest BCUT2D eigenvalue weighted by Crippen LogP contribution is -2.27. The smallest absolute Gasteiger partial charge is 0.0604 e. The monoisotopic (exact) mass is 257 g/mol. The maximum absolute atomic E-state index is 4.32. The van der Waals surface area contributed by atoms with Gasteiger partial charge >= 0.3 is 0 Å². The zero-order chi connectivity index (χ0) is 13.8. The molecule has 1 aromatic heterocycles. The van der Waals surface area contributed by atoms with E-state index < -0.39 is 0 Å². The van der Waals surface area contributed by atoms with Crippen LogP contribution in [0.1, 0.15) is 35.2 Å². The van der Waals surface area contributed by atoms with Gasteiger partial charge in [-0.25, -0.2) is 0 Å². The number of rotatable bonds is 5. The van der Waals surface area contributed by atoms with Crippen LogP contribution < -0.4 is 5.32 Å². The highest BCUT2D eigenvalue weighted by molar-refractivity contribution is 5.39. The predicted octanol–water partition coefficient (Wildman–Crippen LogP) is 3.16. The summed E-state index contributed by atoms with van der Waals surface area (Å²) in [7, 11) is 0. The molecule has 19 heavy (non-hydrogen) atoms. The van der Waals surface area contributed by atoms with Crippen LogP contribution in [0.25, 0.3) is 0 Å². The first-order chi connectivity index (χ1) is 9.11. The number of nitrogens with one attached hydrogen (secondary N) is 1. The van der Waals surface area contributed by atoms with E-state index in [0.717, 1.165) is 13.1 Å². The molecule has 102 valence electrons. The van der Waals surface area contributed by atoms with Crippen molar-refractivity contribution in [3.8, 4) is 0 Å². The van der Waals surface area contributed by atoms with Gasteiger partial charge in [0.25, 0.3) is 0 Å². The van der Waals surface area contributed by atoms with E-state index in [1.165, 1.54) is 22.3 Å². The normalized spacial score (nSPS) is 12.6. The molecule has 0 aliphatic rings. The molecule has 3 nitrogen and oxygen atoms in total. The van der Waals surface area contributed by atoms with Crippen molar-refractivity contribution in [2.75, 3.05) is 6.54 Å². The zero-order valence-electron chi connectivity index (χ0n) is 12.3. The molecule has 0 amide bonds. The van der Waals surface area contributed by atoms with Crippen LogP contribution in [0, 0.1) is 20.8 Å². The fourth-order valence-corrected chi connectivity index (χ4v) is 2.84. The van der Waals surface area contributed by atoms with Crippen LogP contribution in [0.2, 0.25) is 0 Å². The van der Waals surface area contributed by atoms with E-state index in [-0.39, 0.29) is 0 Å². The second kappa shape index (κ2) is 6.02. The predicted molar refractivity (Wildman–Crippen MR) is 79.3 cm³/mol. The number of aryl methyl sites for hydroxylation is 3. The lowest BCUT2D eigenvalue weighted by molar-refractivity contribution is 0.445. The summed E-state index contributed by atoms with van der Waals surface area (Å²) in [5.74, 6) is 0. The maximum Gasteiger partial charge on any atom is 0.0604 e. The molecular weight excluding hydrogens is 234 g/mol. The topological polar surface area (TPSA) is 29.9 Å². The van der Waals surface area contributed by atoms with E-state index >= 15 is 0 Å². The molecule has 0 fully saturated rings. The van der Waals surface area contributed by atoms with Gasteiger partial charge in [0.15, 0.2) is 0 Å². The number of hydrogen-bond acceptors (Lipinski definition) is 2. The van der Waals surface area contributed by atoms with Crippen LogP contribution in [0.4, 0.5) is 0 Å². The van der Waals surface area contributed by atoms with Crippen LogP contribution in [0.5, 0.6) is 0 Å². The summed E-state index contributed by atoms with van der Waals surface area (Å²) in [6.07, 6.45) is 3.85. The lowest BCUT2D eigenvalue weighted by atomic mass is 9.94. The summed E-state index contributed by atoms with van der Waals surface area (Å²) in [4.78, 5) is 0. The van der Waals surface area contributed by atoms with E-state index in [9.17, 15) is 0 Å². The molecular formula is C16H23N3. The van der Waals surface area contributed by atoms with Gasteiger partial charge in [0, 0.05) is 12.4 Å². The van der Waals surface area contributed by atoms with E-state index in [1.54, 1.807) is 0 Å². The number of nitrogens with zero attached hydrogens (tertiary/aromatic N) is 2. The molecule has 0 radical (unpaired) electrons. The van der Waals surface area contributed by atoms with Crippen LogP contribution >= 0.6 is 0 Å². The van der Waals surface area contributed by atoms with Gasteiger partial charge < -0.3 is 5.32 Å². The van der Waals surface area contributed by atoms with E-state index in [4.69, 9.17) is 0 Å². The Hall–Kier alpha value is -1.61. The first kappa shape index (κ1) is 13.8. The first-order valence-electron chi connectivity index (χ1n) is 6.90. The molecule has 1 atom stereocenters. The number of aromatic nitrogens is 2. The van der Waals surface area contributed by atoms with Gasteiger partial charge in [0.05, 0.1) is 12.6 Å². The van der Waals surface area contributed by atoms with Crippen LogP contribution in [-0.4, -0.2) is 16.3 Å². The molecule has 0 saturated heterocycles. The van der Waals surface area contributed by atoms with Crippen molar-refractivity contribution in [3.05, 3.63) is 52.8 Å². The molecule has 1 heterocycles. The van der Waals surface area contributed by atoms with Crippen molar-refractivity contribution in [2.45, 2.75) is 40.3 Å². The maximum atomic E-state index is 4.32. The summed E-state index contributed by atoms with van der Waals surface area (Å²) in [6.45, 7) is 10.5. The van der Waals surface area contributed by atoms with Gasteiger partial charge in [-0.05, 0) is 50.1 Å². The molecule has 0 spiro atoms. The van der Waals surface area contributed by atoms with Crippen molar-refractivity contribution in [2.24, 2.45) is 0 Å². The highest BCUT2D eigenvalue weighted by Crippen LogP contribution is 2.24. The second-order valence-electron chi connectivity index (χ2n) is 5.15. The molecule has 3 heteroatoms. The Morgan fingerprint density at radius 3 is 2.42 bits per heavy atom. The third-order valence-electron chi connectivity index (χ3n) is 3.47. The lowest BCUT2D eigenvalue weighted by Gasteiger charge is -2.23. The largest absolute Gasteiger partial charge is 0.309 e. The summed E-state index contributed by atoms with van der Waals surface area (Å²) in [5, 5.41) is 7.89. The molecule has 0 aliphatic carbocycles. The van der Waals surface area contributed by atoms with Gasteiger partial charge in [-0.1, -0.05) is 24.6 Å². The summed E-state index contributed by atoms with van der Waals surface area (Å²) < 4.78 is 1.99. The molecule has 1 unspecified atom stereocenters. The van der Waals surface area contributed by atoms with Crippen molar-refractivity contribution in [3.63, 3.8) is 0 Å². The SMILES string of the molecule is CCNC(Cn1cccn1)c1c(C)cc(C)cc1C. The van der Waals surface area contributed by atoms with Gasteiger partial charge in [0.1, 0.15) is 0 Å². The van der Waals surface area contributed by atoms with Crippen molar-refractivity contribution in [1.29, 1.82) is 0 Å². The third-order valence-corrected chi connectivity index (χ3v) is 3.47. The Morgan fingerprint density at radius 1 is 1.21 bits per heavy atom. The van der Waals surface area contributed by atoms with Gasteiger partial charge in [-0.3, -0.25) is 4.68 Å². The molecule has 1 aromatic carbocycles. The second-order valence-corrected chi connectivity index (χ2v) is 5.15. The zero-order valence-corrected chi connectivity index (χ0v) is 12.3. The standard InChI is InChI=1S/C16H23N3/c1-5-17-15(11-19-8-6-7-18-19)16-13(3)9-12(2)10-14(16)4/h6-10,15,17H,5,11H2,1-4H3. The van der Waals surface area contributed by atoms with Gasteiger partial charge in [0.2, 0.25) is 0 Å². The average Bonchev–Trinajstić information content (AvgIpc) is 2.80. The molecule has 2 aromatic rings. The van der Waals surface area contributed by atoms with Crippen LogP contribution in [0.3, 0.4) is 0 Å². The number of hydrogen-bond donors (Lipinski definition) is 1. The molecule has 1 N–H and O–H groups in total. The minimum Gasteiger partial charge on any atom is -0.309 e. The fourth-order valence-electron chi connectivity index (χ4n) is 2.84. The van der Waals surface area contributed by atoms with Crippen LogP contribution in [0.15, 0.2) is 30.6 Å². The van der Waals surface area contributed by atoms with E-state index in [0.29, 0.717) is 6.04 Å². The Balaban J connectivity index is 2.33. The number of benzene rings is 1. The molecule has 0 bridgehead atoms. The summed E-state index contributed by atoms with van der Waals surface area (Å²) >= 11 is 0. The van der Waals surface area contributed by atoms with Crippen LogP contribution in [-0.2, 0) is 6.54 Å². The van der Waals surface area contributed by atoms with Gasteiger partial charge in [-0.2, -0.15) is 5.10 Å². The van der Waals surface area contributed by atoms with E-state index in [2.05, 4.69) is 50.2 Å². The highest BCUT2D eigenvalue weighted by Gasteiger charge is 2.16. The van der Waals surface area contributed by atoms with Crippen molar-refractivity contribution < 1.29 is 0 Å². The minimum absolute atomic E-state index is 0.311. The molecule has 2 rings (SSSR count). The van der Waals surface area contributed by atoms with Crippen molar-refractivity contribution >= 4 is 0 Å². The minimum atomic E-state index is 0.311. The number of likely N-dealkylation sites (N-methyl/N-ethyl adjacent to an activating group) is 1. The Bertz CT molecular complexity index is 506. The summed E-state index contributed by atoms with van der Waals surface area (Å²) in [6, 6.07) is 6.80. The average molecular weight is 257 g/mol. The quantitative estimate of drug-likeness (QED) is 0.891. The molecule has 0 saturated carbocycles. The third kappa shape index (κ3) is 3.24. The Labute approximate surface area is 115 Å². The fraction of sp³-hybridized carbons (Fsp3) is 0.438. The van der Waals surface area contributed by atoms with Crippen molar-refractivity contribution in [1.82, 2.24) is 15.1 Å². The Morgan fingerprint density at radius 2 is 1.89 bits per heavy atom.